The highest BCUT2D eigenvalue weighted by molar-refractivity contribution is 5.69. The fourth-order valence-corrected chi connectivity index (χ4v) is 0.859. The summed E-state index contributed by atoms with van der Waals surface area (Å²) in [5.41, 5.74) is 0. The third-order valence-corrected chi connectivity index (χ3v) is 1.51. The number of carbonyl (C=O) groups is 1. The maximum atomic E-state index is 10.4. The van der Waals surface area contributed by atoms with Crippen LogP contribution >= 0.6 is 0 Å². The van der Waals surface area contributed by atoms with E-state index in [1.54, 1.807) is 12.1 Å². The van der Waals surface area contributed by atoms with Crippen LogP contribution in [-0.2, 0) is 9.53 Å². The Morgan fingerprint density at radius 3 is 1.79 bits per heavy atom. The zero-order valence-corrected chi connectivity index (χ0v) is 11.8. The Labute approximate surface area is 114 Å². The summed E-state index contributed by atoms with van der Waals surface area (Å²) in [6.07, 6.45) is 0. The van der Waals surface area contributed by atoms with Crippen molar-refractivity contribution in [2.24, 2.45) is 0 Å². The van der Waals surface area contributed by atoms with Crippen molar-refractivity contribution in [3.05, 3.63) is 30.3 Å². The summed E-state index contributed by atoms with van der Waals surface area (Å²) >= 11 is 0. The number of ether oxygens (including phenoxy) is 2. The van der Waals surface area contributed by atoms with Crippen LogP contribution in [0.15, 0.2) is 30.3 Å². The van der Waals surface area contributed by atoms with Gasteiger partial charge in [0.25, 0.3) is 0 Å². The van der Waals surface area contributed by atoms with Gasteiger partial charge in [-0.05, 0) is 26.0 Å². The first kappa shape index (κ1) is 19.9. The lowest BCUT2D eigenvalue weighted by Crippen LogP contribution is -2.00. The standard InChI is InChI=1S/C8H8O2.C4H10O.C2H6O2/c1-7(9)10-8-5-3-2-4-6-8;1-3-5-4-2;3-1-2-4/h2-6H,1H3;3-4H2,1-2H3;3-4H,1-2H2. The van der Waals surface area contributed by atoms with E-state index >= 15 is 0 Å². The Morgan fingerprint density at radius 1 is 1.05 bits per heavy atom. The molecule has 110 valence electrons. The summed E-state index contributed by atoms with van der Waals surface area (Å²) in [7, 11) is 0. The molecule has 0 saturated carbocycles. The molecule has 0 aliphatic heterocycles. The predicted molar refractivity (Wildman–Crippen MR) is 74.1 cm³/mol. The van der Waals surface area contributed by atoms with Crippen LogP contribution in [0, 0.1) is 0 Å². The van der Waals surface area contributed by atoms with Gasteiger partial charge in [-0.3, -0.25) is 4.79 Å². The monoisotopic (exact) mass is 272 g/mol. The second-order valence-electron chi connectivity index (χ2n) is 3.14. The second-order valence-corrected chi connectivity index (χ2v) is 3.14. The molecular weight excluding hydrogens is 248 g/mol. The van der Waals surface area contributed by atoms with Crippen LogP contribution in [0.25, 0.3) is 0 Å². The summed E-state index contributed by atoms with van der Waals surface area (Å²) in [4.78, 5) is 10.4. The average molecular weight is 272 g/mol. The van der Waals surface area contributed by atoms with Gasteiger partial charge in [-0.15, -0.1) is 0 Å². The Morgan fingerprint density at radius 2 is 1.53 bits per heavy atom. The van der Waals surface area contributed by atoms with Crippen LogP contribution in [-0.4, -0.2) is 42.6 Å². The molecule has 0 aromatic heterocycles. The zero-order valence-electron chi connectivity index (χ0n) is 11.8. The molecule has 0 fully saturated rings. The van der Waals surface area contributed by atoms with E-state index in [1.807, 2.05) is 32.0 Å². The van der Waals surface area contributed by atoms with Crippen molar-refractivity contribution < 1.29 is 24.5 Å². The Balaban J connectivity index is 0. The van der Waals surface area contributed by atoms with Gasteiger partial charge in [-0.25, -0.2) is 0 Å². The van der Waals surface area contributed by atoms with Crippen molar-refractivity contribution >= 4 is 5.97 Å². The zero-order chi connectivity index (χ0) is 14.9. The predicted octanol–water partition coefficient (Wildman–Crippen LogP) is 1.63. The molecule has 0 saturated heterocycles. The maximum absolute atomic E-state index is 10.4. The lowest BCUT2D eigenvalue weighted by Gasteiger charge is -1.97. The summed E-state index contributed by atoms with van der Waals surface area (Å²) in [5.74, 6) is 0.307. The van der Waals surface area contributed by atoms with Crippen molar-refractivity contribution in [1.29, 1.82) is 0 Å². The molecule has 0 amide bonds. The molecule has 19 heavy (non-hydrogen) atoms. The fourth-order valence-electron chi connectivity index (χ4n) is 0.859. The number of hydrogen-bond donors (Lipinski definition) is 2. The molecule has 0 spiro atoms. The molecule has 5 heteroatoms. The van der Waals surface area contributed by atoms with Gasteiger partial charge in [0.2, 0.25) is 0 Å². The number of hydrogen-bond acceptors (Lipinski definition) is 5. The average Bonchev–Trinajstić information content (AvgIpc) is 2.41. The summed E-state index contributed by atoms with van der Waals surface area (Å²) in [5, 5.41) is 15.2. The smallest absolute Gasteiger partial charge is 0.308 e. The number of aliphatic hydroxyl groups is 2. The van der Waals surface area contributed by atoms with E-state index in [0.717, 1.165) is 13.2 Å². The van der Waals surface area contributed by atoms with E-state index in [0.29, 0.717) is 5.75 Å². The number of rotatable bonds is 4. The molecule has 2 N–H and O–H groups in total. The van der Waals surface area contributed by atoms with Gasteiger partial charge in [-0.2, -0.15) is 0 Å². The van der Waals surface area contributed by atoms with Crippen LogP contribution < -0.4 is 4.74 Å². The Hall–Kier alpha value is -1.43. The van der Waals surface area contributed by atoms with Gasteiger partial charge in [0.05, 0.1) is 13.2 Å². The van der Waals surface area contributed by atoms with Crippen molar-refractivity contribution in [1.82, 2.24) is 0 Å². The third kappa shape index (κ3) is 19.1. The van der Waals surface area contributed by atoms with Gasteiger partial charge >= 0.3 is 5.97 Å². The molecule has 0 bridgehead atoms. The van der Waals surface area contributed by atoms with Gasteiger partial charge in [0, 0.05) is 20.1 Å². The molecule has 0 radical (unpaired) electrons. The molecule has 0 heterocycles. The molecule has 1 aromatic carbocycles. The molecule has 5 nitrogen and oxygen atoms in total. The quantitative estimate of drug-likeness (QED) is 0.643. The van der Waals surface area contributed by atoms with E-state index in [9.17, 15) is 4.79 Å². The normalized spacial score (nSPS) is 8.47. The van der Waals surface area contributed by atoms with Crippen LogP contribution in [0.5, 0.6) is 5.75 Å². The van der Waals surface area contributed by atoms with E-state index < -0.39 is 0 Å². The van der Waals surface area contributed by atoms with E-state index in [4.69, 9.17) is 19.7 Å². The minimum absolute atomic E-state index is 0.125. The Kier molecular flexibility index (Phi) is 17.4. The summed E-state index contributed by atoms with van der Waals surface area (Å²) < 4.78 is 9.61. The van der Waals surface area contributed by atoms with E-state index in [1.165, 1.54) is 6.92 Å². The molecule has 0 aliphatic carbocycles. The highest BCUT2D eigenvalue weighted by atomic mass is 16.5. The molecule has 1 aromatic rings. The summed E-state index contributed by atoms with van der Waals surface area (Å²) in [6.45, 7) is 6.80. The van der Waals surface area contributed by atoms with Gasteiger partial charge in [0.15, 0.2) is 0 Å². The van der Waals surface area contributed by atoms with Crippen LogP contribution in [0.2, 0.25) is 0 Å². The topological polar surface area (TPSA) is 76.0 Å². The SMILES string of the molecule is CC(=O)Oc1ccccc1.CCOCC.OCCO. The van der Waals surface area contributed by atoms with E-state index in [2.05, 4.69) is 0 Å². The fraction of sp³-hybridized carbons (Fsp3) is 0.500. The number of aliphatic hydroxyl groups excluding tert-OH is 2. The molecule has 0 unspecified atom stereocenters. The highest BCUT2D eigenvalue weighted by Gasteiger charge is 1.92. The number of para-hydroxylation sites is 1. The van der Waals surface area contributed by atoms with E-state index in [-0.39, 0.29) is 19.2 Å². The van der Waals surface area contributed by atoms with Crippen molar-refractivity contribution in [2.45, 2.75) is 20.8 Å². The highest BCUT2D eigenvalue weighted by Crippen LogP contribution is 2.07. The molecular formula is C14H24O5. The molecule has 0 atom stereocenters. The van der Waals surface area contributed by atoms with Gasteiger partial charge in [0.1, 0.15) is 5.75 Å². The lowest BCUT2D eigenvalue weighted by atomic mass is 10.3. The first-order chi connectivity index (χ1) is 9.12. The minimum atomic E-state index is -0.286. The second kappa shape index (κ2) is 16.6. The Bertz CT molecular complexity index is 283. The van der Waals surface area contributed by atoms with Crippen LogP contribution in [0.3, 0.4) is 0 Å². The number of esters is 1. The van der Waals surface area contributed by atoms with Crippen molar-refractivity contribution in [2.75, 3.05) is 26.4 Å². The van der Waals surface area contributed by atoms with Crippen LogP contribution in [0.4, 0.5) is 0 Å². The van der Waals surface area contributed by atoms with Crippen molar-refractivity contribution in [3.8, 4) is 5.75 Å². The van der Waals surface area contributed by atoms with Gasteiger partial charge < -0.3 is 19.7 Å². The molecule has 0 aliphatic rings. The molecule has 1 rings (SSSR count). The third-order valence-electron chi connectivity index (χ3n) is 1.51. The van der Waals surface area contributed by atoms with Gasteiger partial charge in [-0.1, -0.05) is 18.2 Å². The van der Waals surface area contributed by atoms with Crippen molar-refractivity contribution in [3.63, 3.8) is 0 Å². The number of carbonyl (C=O) groups excluding carboxylic acids is 1. The van der Waals surface area contributed by atoms with Crippen LogP contribution in [0.1, 0.15) is 20.8 Å². The lowest BCUT2D eigenvalue weighted by molar-refractivity contribution is -0.131. The first-order valence-electron chi connectivity index (χ1n) is 6.15. The summed E-state index contributed by atoms with van der Waals surface area (Å²) in [6, 6.07) is 8.98. The minimum Gasteiger partial charge on any atom is -0.427 e. The largest absolute Gasteiger partial charge is 0.427 e. The maximum Gasteiger partial charge on any atom is 0.308 e. The first-order valence-corrected chi connectivity index (χ1v) is 6.15. The number of benzene rings is 1.